The number of primary amides is 1. The van der Waals surface area contributed by atoms with Crippen LogP contribution in [0.2, 0.25) is 0 Å². The number of halogens is 3. The lowest BCUT2D eigenvalue weighted by atomic mass is 9.84. The molecule has 0 saturated heterocycles. The van der Waals surface area contributed by atoms with Crippen LogP contribution in [0.25, 0.3) is 5.69 Å². The third-order valence-electron chi connectivity index (χ3n) is 5.95. The molecule has 0 bridgehead atoms. The standard InChI is InChI=1S/C23H25F3N6O2/c24-23(25,26)15-4-3-5-17(12-15)32-22(34)30-21(31-32)29-16-10-8-14(9-11-16)13-28-19-7-2-1-6-18(19)20(27)33/h3-5,8-12,18-19,28H,1-2,6-7,13H2,(H2,27,33)(H2,29,30,31,34). The number of carbonyl (C=O) groups is 1. The summed E-state index contributed by atoms with van der Waals surface area (Å²) in [6.45, 7) is 0.579. The van der Waals surface area contributed by atoms with E-state index in [9.17, 15) is 22.8 Å². The molecule has 1 fully saturated rings. The highest BCUT2D eigenvalue weighted by atomic mass is 19.4. The monoisotopic (exact) mass is 474 g/mol. The van der Waals surface area contributed by atoms with Crippen LogP contribution < -0.4 is 22.1 Å². The molecule has 11 heteroatoms. The van der Waals surface area contributed by atoms with Gasteiger partial charge in [-0.25, -0.2) is 4.79 Å². The summed E-state index contributed by atoms with van der Waals surface area (Å²) in [7, 11) is 0. The van der Waals surface area contributed by atoms with Crippen LogP contribution >= 0.6 is 0 Å². The van der Waals surface area contributed by atoms with Crippen molar-refractivity contribution in [2.75, 3.05) is 5.32 Å². The third kappa shape index (κ3) is 5.48. The van der Waals surface area contributed by atoms with E-state index < -0.39 is 17.4 Å². The van der Waals surface area contributed by atoms with Gasteiger partial charge in [0, 0.05) is 18.3 Å². The molecular formula is C23H25F3N6O2. The number of alkyl halides is 3. The molecule has 8 nitrogen and oxygen atoms in total. The Morgan fingerprint density at radius 1 is 1.15 bits per heavy atom. The van der Waals surface area contributed by atoms with Gasteiger partial charge in [-0.2, -0.15) is 17.9 Å². The largest absolute Gasteiger partial charge is 0.416 e. The van der Waals surface area contributed by atoms with Gasteiger partial charge in [0.15, 0.2) is 0 Å². The van der Waals surface area contributed by atoms with E-state index in [0.717, 1.165) is 48.1 Å². The minimum Gasteiger partial charge on any atom is -0.369 e. The number of aromatic amines is 1. The van der Waals surface area contributed by atoms with Crippen molar-refractivity contribution >= 4 is 17.5 Å². The van der Waals surface area contributed by atoms with E-state index in [1.54, 1.807) is 12.1 Å². The molecule has 4 rings (SSSR count). The van der Waals surface area contributed by atoms with E-state index in [2.05, 4.69) is 20.7 Å². The Balaban J connectivity index is 1.41. The Morgan fingerprint density at radius 3 is 2.59 bits per heavy atom. The molecule has 2 atom stereocenters. The highest BCUT2D eigenvalue weighted by Gasteiger charge is 2.31. The number of benzene rings is 2. The summed E-state index contributed by atoms with van der Waals surface area (Å²) in [4.78, 5) is 26.4. The third-order valence-corrected chi connectivity index (χ3v) is 5.95. The SMILES string of the molecule is NC(=O)C1CCCCC1NCc1ccc(Nc2nn(-c3cccc(C(F)(F)F)c3)c(=O)[nH]2)cc1. The number of nitrogens with one attached hydrogen (secondary N) is 3. The molecule has 34 heavy (non-hydrogen) atoms. The fraction of sp³-hybridized carbons (Fsp3) is 0.348. The number of carbonyl (C=O) groups excluding carboxylic acids is 1. The molecule has 0 spiro atoms. The minimum atomic E-state index is -4.52. The first-order valence-electron chi connectivity index (χ1n) is 11.0. The van der Waals surface area contributed by atoms with E-state index in [-0.39, 0.29) is 29.5 Å². The van der Waals surface area contributed by atoms with Crippen LogP contribution in [0.15, 0.2) is 53.3 Å². The van der Waals surface area contributed by atoms with E-state index in [1.165, 1.54) is 12.1 Å². The molecule has 2 unspecified atom stereocenters. The van der Waals surface area contributed by atoms with Gasteiger partial charge >= 0.3 is 11.9 Å². The van der Waals surface area contributed by atoms with Crippen LogP contribution in [0.3, 0.4) is 0 Å². The Bertz CT molecular complexity index is 1200. The average molecular weight is 474 g/mol. The van der Waals surface area contributed by atoms with Crippen LogP contribution in [0.1, 0.15) is 36.8 Å². The van der Waals surface area contributed by atoms with Crippen LogP contribution in [0.4, 0.5) is 24.8 Å². The lowest BCUT2D eigenvalue weighted by Gasteiger charge is -2.30. The first kappa shape index (κ1) is 23.6. The van der Waals surface area contributed by atoms with Crippen LogP contribution in [0.5, 0.6) is 0 Å². The molecule has 1 aliphatic carbocycles. The number of H-pyrrole nitrogens is 1. The maximum Gasteiger partial charge on any atom is 0.416 e. The van der Waals surface area contributed by atoms with Gasteiger partial charge in [0.2, 0.25) is 11.9 Å². The zero-order valence-electron chi connectivity index (χ0n) is 18.2. The summed E-state index contributed by atoms with van der Waals surface area (Å²) in [6, 6.07) is 11.8. The van der Waals surface area contributed by atoms with Gasteiger partial charge in [0.1, 0.15) is 0 Å². The second-order valence-electron chi connectivity index (χ2n) is 8.34. The second kappa shape index (κ2) is 9.72. The maximum atomic E-state index is 13.0. The molecule has 3 aromatic rings. The summed E-state index contributed by atoms with van der Waals surface area (Å²) in [5, 5.41) is 10.4. The van der Waals surface area contributed by atoms with Crippen molar-refractivity contribution in [3.63, 3.8) is 0 Å². The van der Waals surface area contributed by atoms with Crippen LogP contribution in [-0.2, 0) is 17.5 Å². The fourth-order valence-corrected chi connectivity index (χ4v) is 4.18. The number of nitrogens with two attached hydrogens (primary N) is 1. The van der Waals surface area contributed by atoms with E-state index in [1.807, 2.05) is 12.1 Å². The Labute approximate surface area is 193 Å². The van der Waals surface area contributed by atoms with Gasteiger partial charge < -0.3 is 16.4 Å². The average Bonchev–Trinajstić information content (AvgIpc) is 3.18. The number of nitrogens with zero attached hydrogens (tertiary/aromatic N) is 2. The topological polar surface area (TPSA) is 118 Å². The molecule has 1 aromatic heterocycles. The number of anilines is 2. The van der Waals surface area contributed by atoms with Crippen molar-refractivity contribution in [3.05, 3.63) is 70.1 Å². The summed E-state index contributed by atoms with van der Waals surface area (Å²) in [6.07, 6.45) is -0.727. The summed E-state index contributed by atoms with van der Waals surface area (Å²) < 4.78 is 39.8. The van der Waals surface area contributed by atoms with Gasteiger partial charge in [-0.05, 0) is 48.7 Å². The predicted octanol–water partition coefficient (Wildman–Crippen LogP) is 3.46. The Morgan fingerprint density at radius 2 is 1.88 bits per heavy atom. The molecule has 1 heterocycles. The Hall–Kier alpha value is -3.60. The zero-order chi connectivity index (χ0) is 24.3. The van der Waals surface area contributed by atoms with Crippen molar-refractivity contribution in [2.45, 2.75) is 44.4 Å². The van der Waals surface area contributed by atoms with Crippen molar-refractivity contribution in [3.8, 4) is 5.69 Å². The van der Waals surface area contributed by atoms with Crippen molar-refractivity contribution in [2.24, 2.45) is 11.7 Å². The zero-order valence-corrected chi connectivity index (χ0v) is 18.2. The smallest absolute Gasteiger partial charge is 0.369 e. The van der Waals surface area contributed by atoms with E-state index in [4.69, 9.17) is 5.73 Å². The predicted molar refractivity (Wildman–Crippen MR) is 121 cm³/mol. The van der Waals surface area contributed by atoms with Gasteiger partial charge in [-0.3, -0.25) is 9.78 Å². The fourth-order valence-electron chi connectivity index (χ4n) is 4.18. The van der Waals surface area contributed by atoms with Crippen LogP contribution in [0, 0.1) is 5.92 Å². The molecule has 1 saturated carbocycles. The molecule has 1 aliphatic rings. The van der Waals surface area contributed by atoms with Gasteiger partial charge in [0.05, 0.1) is 17.2 Å². The highest BCUT2D eigenvalue weighted by molar-refractivity contribution is 5.77. The van der Waals surface area contributed by atoms with Gasteiger partial charge in [0.25, 0.3) is 0 Å². The Kier molecular flexibility index (Phi) is 6.73. The molecule has 0 aliphatic heterocycles. The number of hydrogen-bond donors (Lipinski definition) is 4. The van der Waals surface area contributed by atoms with Crippen molar-refractivity contribution in [1.82, 2.24) is 20.1 Å². The quantitative estimate of drug-likeness (QED) is 0.418. The number of rotatable bonds is 7. The normalized spacial score (nSPS) is 18.6. The molecule has 5 N–H and O–H groups in total. The molecule has 0 radical (unpaired) electrons. The lowest BCUT2D eigenvalue weighted by Crippen LogP contribution is -2.44. The first-order chi connectivity index (χ1) is 16.2. The number of amides is 1. The molecule has 2 aromatic carbocycles. The van der Waals surface area contributed by atoms with Gasteiger partial charge in [-0.1, -0.05) is 31.0 Å². The summed E-state index contributed by atoms with van der Waals surface area (Å²) >= 11 is 0. The van der Waals surface area contributed by atoms with Gasteiger partial charge in [-0.15, -0.1) is 5.10 Å². The maximum absolute atomic E-state index is 13.0. The summed E-state index contributed by atoms with van der Waals surface area (Å²) in [5.41, 5.74) is 5.64. The lowest BCUT2D eigenvalue weighted by molar-refractivity contribution is -0.137. The second-order valence-corrected chi connectivity index (χ2v) is 8.34. The van der Waals surface area contributed by atoms with Crippen molar-refractivity contribution in [1.29, 1.82) is 0 Å². The number of hydrogen-bond acceptors (Lipinski definition) is 5. The minimum absolute atomic E-state index is 0.00234. The molecule has 1 amide bonds. The molecular weight excluding hydrogens is 449 g/mol. The van der Waals surface area contributed by atoms with E-state index in [0.29, 0.717) is 12.2 Å². The first-order valence-corrected chi connectivity index (χ1v) is 11.0. The van der Waals surface area contributed by atoms with Crippen molar-refractivity contribution < 1.29 is 18.0 Å². The van der Waals surface area contributed by atoms with E-state index >= 15 is 0 Å². The number of aromatic nitrogens is 3. The van der Waals surface area contributed by atoms with Crippen LogP contribution in [-0.4, -0.2) is 26.7 Å². The summed E-state index contributed by atoms with van der Waals surface area (Å²) in [5.74, 6) is -0.325. The highest BCUT2D eigenvalue weighted by Crippen LogP contribution is 2.30. The molecule has 180 valence electrons.